The third kappa shape index (κ3) is 3.34. The van der Waals surface area contributed by atoms with E-state index in [1.807, 2.05) is 0 Å². The fourth-order valence-corrected chi connectivity index (χ4v) is 0.806. The number of aliphatic carboxylic acids is 1. The molecule has 0 aliphatic carbocycles. The average molecular weight is 175 g/mol. The standard InChI is InChI=1S/C7H13NO4/c1-12-7(11)5(6(9)10)3-2-4-8/h5H,2-4,8H2,1H3,(H,9,10). The molecule has 0 saturated heterocycles. The second-order valence-corrected chi connectivity index (χ2v) is 2.34. The maximum absolute atomic E-state index is 10.8. The molecule has 70 valence electrons. The number of hydrogen-bond donors (Lipinski definition) is 2. The first-order chi connectivity index (χ1) is 5.63. The molecule has 0 aliphatic heterocycles. The molecule has 12 heavy (non-hydrogen) atoms. The minimum absolute atomic E-state index is 0.235. The summed E-state index contributed by atoms with van der Waals surface area (Å²) in [6.07, 6.45) is 0.741. The van der Waals surface area contributed by atoms with Gasteiger partial charge in [0.15, 0.2) is 5.92 Å². The lowest BCUT2D eigenvalue weighted by atomic mass is 10.0. The Morgan fingerprint density at radius 2 is 2.17 bits per heavy atom. The van der Waals surface area contributed by atoms with Gasteiger partial charge in [-0.3, -0.25) is 9.59 Å². The van der Waals surface area contributed by atoms with Crippen LogP contribution in [-0.2, 0) is 14.3 Å². The van der Waals surface area contributed by atoms with Gasteiger partial charge in [-0.15, -0.1) is 0 Å². The summed E-state index contributed by atoms with van der Waals surface area (Å²) in [6, 6.07) is 0. The van der Waals surface area contributed by atoms with E-state index in [0.29, 0.717) is 13.0 Å². The van der Waals surface area contributed by atoms with Gasteiger partial charge in [0.05, 0.1) is 7.11 Å². The molecule has 0 aromatic rings. The average Bonchev–Trinajstić information content (AvgIpc) is 2.04. The number of nitrogens with two attached hydrogens (primary N) is 1. The fraction of sp³-hybridized carbons (Fsp3) is 0.714. The van der Waals surface area contributed by atoms with E-state index in [1.54, 1.807) is 0 Å². The number of carbonyl (C=O) groups excluding carboxylic acids is 1. The predicted molar refractivity (Wildman–Crippen MR) is 41.4 cm³/mol. The van der Waals surface area contributed by atoms with Crippen molar-refractivity contribution in [1.29, 1.82) is 0 Å². The summed E-state index contributed by atoms with van der Waals surface area (Å²) in [5.41, 5.74) is 5.17. The van der Waals surface area contributed by atoms with E-state index >= 15 is 0 Å². The van der Waals surface area contributed by atoms with Crippen LogP contribution in [0, 0.1) is 5.92 Å². The molecule has 0 radical (unpaired) electrons. The van der Waals surface area contributed by atoms with Crippen molar-refractivity contribution in [3.63, 3.8) is 0 Å². The lowest BCUT2D eigenvalue weighted by molar-refractivity contribution is -0.157. The fourth-order valence-electron chi connectivity index (χ4n) is 0.806. The van der Waals surface area contributed by atoms with Crippen molar-refractivity contribution < 1.29 is 19.4 Å². The molecule has 0 aliphatic rings. The first-order valence-corrected chi connectivity index (χ1v) is 3.64. The molecule has 0 rings (SSSR count). The Morgan fingerprint density at radius 3 is 2.50 bits per heavy atom. The molecule has 1 atom stereocenters. The van der Waals surface area contributed by atoms with Gasteiger partial charge in [0.25, 0.3) is 0 Å². The summed E-state index contributed by atoms with van der Waals surface area (Å²) in [6.45, 7) is 0.376. The number of rotatable bonds is 5. The first-order valence-electron chi connectivity index (χ1n) is 3.64. The van der Waals surface area contributed by atoms with Gasteiger partial charge in [0, 0.05) is 0 Å². The Labute approximate surface area is 70.5 Å². The predicted octanol–water partition coefficient (Wildman–Crippen LogP) is -0.401. The van der Waals surface area contributed by atoms with Crippen molar-refractivity contribution in [3.8, 4) is 0 Å². The third-order valence-electron chi connectivity index (χ3n) is 1.48. The van der Waals surface area contributed by atoms with E-state index in [4.69, 9.17) is 10.8 Å². The maximum atomic E-state index is 10.8. The van der Waals surface area contributed by atoms with Crippen LogP contribution in [0.4, 0.5) is 0 Å². The molecule has 0 aromatic heterocycles. The molecule has 5 heteroatoms. The van der Waals surface area contributed by atoms with Crippen LogP contribution < -0.4 is 5.73 Å². The molecule has 0 fully saturated rings. The van der Waals surface area contributed by atoms with Gasteiger partial charge in [-0.05, 0) is 19.4 Å². The van der Waals surface area contributed by atoms with Crippen LogP contribution in [0.2, 0.25) is 0 Å². The van der Waals surface area contributed by atoms with Crippen molar-refractivity contribution in [2.45, 2.75) is 12.8 Å². The summed E-state index contributed by atoms with van der Waals surface area (Å²) in [4.78, 5) is 21.3. The lowest BCUT2D eigenvalue weighted by Gasteiger charge is -2.08. The quantitative estimate of drug-likeness (QED) is 0.438. The SMILES string of the molecule is COC(=O)C(CCCN)C(=O)O. The van der Waals surface area contributed by atoms with Crippen molar-refractivity contribution in [2.24, 2.45) is 11.7 Å². The van der Waals surface area contributed by atoms with Crippen LogP contribution in [0.25, 0.3) is 0 Å². The Bertz CT molecular complexity index is 169. The lowest BCUT2D eigenvalue weighted by Crippen LogP contribution is -2.25. The highest BCUT2D eigenvalue weighted by Crippen LogP contribution is 2.07. The van der Waals surface area contributed by atoms with E-state index < -0.39 is 17.9 Å². The molecule has 0 aromatic carbocycles. The van der Waals surface area contributed by atoms with Crippen LogP contribution in [0.3, 0.4) is 0 Å². The Morgan fingerprint density at radius 1 is 1.58 bits per heavy atom. The second-order valence-electron chi connectivity index (χ2n) is 2.34. The van der Waals surface area contributed by atoms with Crippen LogP contribution in [0.1, 0.15) is 12.8 Å². The van der Waals surface area contributed by atoms with Crippen LogP contribution in [0.15, 0.2) is 0 Å². The molecular weight excluding hydrogens is 162 g/mol. The smallest absolute Gasteiger partial charge is 0.320 e. The number of ether oxygens (including phenoxy) is 1. The first kappa shape index (κ1) is 10.9. The molecule has 0 amide bonds. The van der Waals surface area contributed by atoms with Gasteiger partial charge >= 0.3 is 11.9 Å². The molecule has 0 saturated carbocycles. The van der Waals surface area contributed by atoms with Gasteiger partial charge in [-0.25, -0.2) is 0 Å². The van der Waals surface area contributed by atoms with Crippen LogP contribution in [0.5, 0.6) is 0 Å². The minimum Gasteiger partial charge on any atom is -0.481 e. The topological polar surface area (TPSA) is 89.6 Å². The van der Waals surface area contributed by atoms with E-state index in [1.165, 1.54) is 7.11 Å². The number of methoxy groups -OCH3 is 1. The van der Waals surface area contributed by atoms with Gasteiger partial charge < -0.3 is 15.6 Å². The summed E-state index contributed by atoms with van der Waals surface area (Å²) in [5, 5.41) is 8.56. The number of hydrogen-bond acceptors (Lipinski definition) is 4. The number of carboxylic acids is 1. The van der Waals surface area contributed by atoms with Crippen molar-refractivity contribution >= 4 is 11.9 Å². The van der Waals surface area contributed by atoms with E-state index in [2.05, 4.69) is 4.74 Å². The third-order valence-corrected chi connectivity index (χ3v) is 1.48. The van der Waals surface area contributed by atoms with Gasteiger partial charge in [0.1, 0.15) is 0 Å². The molecule has 5 nitrogen and oxygen atoms in total. The minimum atomic E-state index is -1.16. The zero-order valence-corrected chi connectivity index (χ0v) is 6.95. The molecule has 0 bridgehead atoms. The molecule has 3 N–H and O–H groups in total. The summed E-state index contributed by atoms with van der Waals surface area (Å²) < 4.78 is 4.31. The highest BCUT2D eigenvalue weighted by atomic mass is 16.5. The maximum Gasteiger partial charge on any atom is 0.320 e. The number of esters is 1. The molecular formula is C7H13NO4. The highest BCUT2D eigenvalue weighted by molar-refractivity contribution is 5.93. The van der Waals surface area contributed by atoms with Gasteiger partial charge in [-0.2, -0.15) is 0 Å². The second kappa shape index (κ2) is 5.54. The summed E-state index contributed by atoms with van der Waals surface area (Å²) in [7, 11) is 1.17. The number of carbonyl (C=O) groups is 2. The van der Waals surface area contributed by atoms with E-state index in [0.717, 1.165) is 0 Å². The highest BCUT2D eigenvalue weighted by Gasteiger charge is 2.25. The zero-order valence-electron chi connectivity index (χ0n) is 6.95. The van der Waals surface area contributed by atoms with E-state index in [9.17, 15) is 9.59 Å². The zero-order chi connectivity index (χ0) is 9.56. The van der Waals surface area contributed by atoms with Crippen molar-refractivity contribution in [3.05, 3.63) is 0 Å². The molecule has 0 heterocycles. The van der Waals surface area contributed by atoms with Crippen LogP contribution >= 0.6 is 0 Å². The van der Waals surface area contributed by atoms with Crippen molar-refractivity contribution in [2.75, 3.05) is 13.7 Å². The largest absolute Gasteiger partial charge is 0.481 e. The normalized spacial score (nSPS) is 12.2. The monoisotopic (exact) mass is 175 g/mol. The summed E-state index contributed by atoms with van der Waals surface area (Å²) in [5.74, 6) is -2.94. The number of carboxylic acid groups (broad SMARTS) is 1. The molecule has 1 unspecified atom stereocenters. The Balaban J connectivity index is 4.04. The van der Waals surface area contributed by atoms with Gasteiger partial charge in [-0.1, -0.05) is 0 Å². The Kier molecular flexibility index (Phi) is 5.03. The molecule has 0 spiro atoms. The Hall–Kier alpha value is -1.10. The van der Waals surface area contributed by atoms with Crippen LogP contribution in [-0.4, -0.2) is 30.7 Å². The van der Waals surface area contributed by atoms with E-state index in [-0.39, 0.29) is 6.42 Å². The van der Waals surface area contributed by atoms with Gasteiger partial charge in [0.2, 0.25) is 0 Å². The van der Waals surface area contributed by atoms with Crippen molar-refractivity contribution in [1.82, 2.24) is 0 Å². The summed E-state index contributed by atoms with van der Waals surface area (Å²) >= 11 is 0.